The third-order valence-corrected chi connectivity index (χ3v) is 22.1. The Hall–Kier alpha value is -5.81. The molecule has 3 heterocycles. The lowest BCUT2D eigenvalue weighted by Crippen LogP contribution is -2.47. The van der Waals surface area contributed by atoms with Crippen LogP contribution >= 0.6 is 34.0 Å². The second-order valence-corrected chi connectivity index (χ2v) is 33.8. The van der Waals surface area contributed by atoms with Crippen molar-refractivity contribution in [3.63, 3.8) is 0 Å². The number of Topliss-reactive ketones (excluding diaryl/α,β-unsaturated/α-hetero) is 1. The van der Waals surface area contributed by atoms with Crippen LogP contribution in [0, 0.1) is 87.3 Å². The molecule has 6 aliphatic carbocycles. The number of thiophene rings is 3. The average Bonchev–Trinajstić information content (AvgIpc) is 1.73. The zero-order valence-electron chi connectivity index (χ0n) is 61.0. The Bertz CT molecular complexity index is 3450. The van der Waals surface area contributed by atoms with E-state index in [1.54, 1.807) is 15.9 Å². The lowest BCUT2D eigenvalue weighted by Gasteiger charge is -2.38. The largest absolute Gasteiger partial charge is 0.477 e. The first-order valence-corrected chi connectivity index (χ1v) is 37.2. The van der Waals surface area contributed by atoms with E-state index in [2.05, 4.69) is 56.3 Å². The Labute approximate surface area is 581 Å². The van der Waals surface area contributed by atoms with Gasteiger partial charge < -0.3 is 39.5 Å². The van der Waals surface area contributed by atoms with Crippen molar-refractivity contribution in [1.29, 1.82) is 0 Å². The van der Waals surface area contributed by atoms with Crippen LogP contribution in [0.2, 0.25) is 0 Å². The van der Waals surface area contributed by atoms with Gasteiger partial charge in [-0.2, -0.15) is 0 Å². The van der Waals surface area contributed by atoms with Crippen LogP contribution in [0.5, 0.6) is 0 Å². The number of carbonyl (C=O) groups is 7. The summed E-state index contributed by atoms with van der Waals surface area (Å²) in [5, 5.41) is 30.2. The monoisotopic (exact) mass is 1360 g/mol. The van der Waals surface area contributed by atoms with E-state index in [0.29, 0.717) is 114 Å². The number of carboxylic acid groups (broad SMARTS) is 1. The van der Waals surface area contributed by atoms with E-state index in [9.17, 15) is 48.9 Å². The maximum atomic E-state index is 13.9. The molecular formula is C77H107N3O12S3. The molecule has 0 bridgehead atoms. The van der Waals surface area contributed by atoms with E-state index in [-0.39, 0.29) is 93.3 Å². The summed E-state index contributed by atoms with van der Waals surface area (Å²) in [5.41, 5.74) is 1.00. The number of ether oxygens (including phenoxy) is 2. The van der Waals surface area contributed by atoms with E-state index in [1.807, 2.05) is 79.3 Å². The molecule has 18 heteroatoms. The minimum Gasteiger partial charge on any atom is -0.477 e. The fourth-order valence-corrected chi connectivity index (χ4v) is 16.1. The number of rotatable bonds is 12. The number of carboxylic acids is 1. The Balaban J connectivity index is 0.000000205. The highest BCUT2D eigenvalue weighted by Crippen LogP contribution is 2.43. The fraction of sp³-hybridized carbons (Fsp3) is 0.675. The predicted octanol–water partition coefficient (Wildman–Crippen LogP) is 16.3. The molecule has 3 N–H and O–H groups in total. The maximum Gasteiger partial charge on any atom is 0.350 e. The van der Waals surface area contributed by atoms with Gasteiger partial charge in [-0.05, 0) is 240 Å². The second-order valence-electron chi connectivity index (χ2n) is 30.6. The lowest BCUT2D eigenvalue weighted by atomic mass is 9.81. The zero-order chi connectivity index (χ0) is 71.5. The van der Waals surface area contributed by atoms with Gasteiger partial charge in [0.1, 0.15) is 20.4 Å². The number of hydrogen-bond donors (Lipinski definition) is 3. The zero-order valence-corrected chi connectivity index (χ0v) is 61.4. The number of nitrogens with zero attached hydrogens (tertiary/aromatic N) is 3. The molecule has 0 spiro atoms. The first-order valence-electron chi connectivity index (χ1n) is 35.7. The average molecular weight is 1360 g/mol. The van der Waals surface area contributed by atoms with Gasteiger partial charge in [0.15, 0.2) is 0 Å². The first-order chi connectivity index (χ1) is 45.3. The summed E-state index contributed by atoms with van der Waals surface area (Å²) >= 11 is 3.65. The van der Waals surface area contributed by atoms with Gasteiger partial charge >= 0.3 is 17.9 Å². The van der Waals surface area contributed by atoms with Crippen LogP contribution in [0.4, 0.5) is 17.1 Å². The number of carbonyl (C=O) groups excluding carboxylic acids is 6. The second kappa shape index (κ2) is 34.1. The van der Waals surface area contributed by atoms with Crippen molar-refractivity contribution in [3.8, 4) is 35.5 Å². The van der Waals surface area contributed by atoms with Crippen LogP contribution in [-0.4, -0.2) is 101 Å². The van der Waals surface area contributed by atoms with Gasteiger partial charge in [-0.15, -0.1) is 34.0 Å². The minimum absolute atomic E-state index is 0.0204. The highest BCUT2D eigenvalue weighted by molar-refractivity contribution is 7.16. The highest BCUT2D eigenvalue weighted by Gasteiger charge is 2.41. The van der Waals surface area contributed by atoms with Crippen molar-refractivity contribution in [1.82, 2.24) is 0 Å². The smallest absolute Gasteiger partial charge is 0.350 e. The Morgan fingerprint density at radius 1 is 0.442 bits per heavy atom. The van der Waals surface area contributed by atoms with Crippen molar-refractivity contribution in [3.05, 3.63) is 47.5 Å². The molecule has 95 heavy (non-hydrogen) atoms. The lowest BCUT2D eigenvalue weighted by molar-refractivity contribution is -0.125. The molecule has 3 amide bonds. The number of ketones is 1. The van der Waals surface area contributed by atoms with E-state index in [1.165, 1.54) is 36.9 Å². The quantitative estimate of drug-likeness (QED) is 0.114. The molecule has 9 rings (SSSR count). The molecule has 15 nitrogen and oxygen atoms in total. The first kappa shape index (κ1) is 73.4. The van der Waals surface area contributed by atoms with E-state index in [0.717, 1.165) is 98.1 Å². The number of aliphatic hydroxyl groups is 2. The molecular weight excluding hydrogens is 1260 g/mol. The number of esters is 2. The molecule has 6 fully saturated rings. The molecule has 0 radical (unpaired) electrons. The third kappa shape index (κ3) is 22.1. The van der Waals surface area contributed by atoms with Crippen LogP contribution in [-0.2, 0) is 28.7 Å². The SMILES string of the molecule is COC(=O)c1sc(C#CC(C)(C)C)cc1N(C(=O)C1CCC(C)CC1)C1CCC(=O)CC1.[2H]C1(O)CCC(N(C(=O)C2CCC(C)CC2)c2cc(C#CC(C)(C)C)sc2C(=O)O)CC1.[2H]C1(O)CCC(N(C(=O)C2CCC(C)CC2)c2cc(C#CC(C)(C)C)sc2C(=O)OC)CC1. The summed E-state index contributed by atoms with van der Waals surface area (Å²) in [6, 6.07) is 5.00. The summed E-state index contributed by atoms with van der Waals surface area (Å²) in [4.78, 5) is 99.2. The molecule has 0 aromatic carbocycles. The summed E-state index contributed by atoms with van der Waals surface area (Å²) < 4.78 is 26.1. The molecule has 3 aromatic heterocycles. The van der Waals surface area contributed by atoms with Crippen molar-refractivity contribution in [2.24, 2.45) is 51.8 Å². The Kier molecular flexibility index (Phi) is 26.4. The summed E-state index contributed by atoms with van der Waals surface area (Å²) in [6.07, 6.45) is 13.6. The van der Waals surface area contributed by atoms with Gasteiger partial charge in [0, 0.05) is 65.0 Å². The number of aromatic carboxylic acids is 1. The van der Waals surface area contributed by atoms with Crippen molar-refractivity contribution in [2.75, 3.05) is 28.9 Å². The number of methoxy groups -OCH3 is 2. The maximum absolute atomic E-state index is 13.9. The van der Waals surface area contributed by atoms with E-state index < -0.39 is 30.1 Å². The van der Waals surface area contributed by atoms with Crippen molar-refractivity contribution >= 4 is 92.5 Å². The Morgan fingerprint density at radius 2 is 0.705 bits per heavy atom. The van der Waals surface area contributed by atoms with Crippen LogP contribution in [0.3, 0.4) is 0 Å². The summed E-state index contributed by atoms with van der Waals surface area (Å²) in [5.74, 6) is 19.0. The molecule has 0 unspecified atom stereocenters. The molecule has 6 aliphatic rings. The fourth-order valence-electron chi connectivity index (χ4n) is 13.4. The number of hydrogen-bond acceptors (Lipinski definition) is 14. The third-order valence-electron chi connectivity index (χ3n) is 19.0. The molecule has 0 saturated heterocycles. The van der Waals surface area contributed by atoms with E-state index in [4.69, 9.17) is 12.2 Å². The minimum atomic E-state index is -1.47. The van der Waals surface area contributed by atoms with Crippen LogP contribution in [0.25, 0.3) is 0 Å². The van der Waals surface area contributed by atoms with Crippen LogP contribution in [0.1, 0.15) is 284 Å². The summed E-state index contributed by atoms with van der Waals surface area (Å²) in [6.45, 7) is 24.8. The van der Waals surface area contributed by atoms with Crippen molar-refractivity contribution in [2.45, 2.75) is 267 Å². The standard InChI is InChI=1S/C26H37NO4S.C26H35NO4S.C25H35NO4S/c2*1-17-6-8-18(9-7-17)24(29)27(19-10-12-20(28)13-11-19)22-16-21(14-15-26(2,3)4)32-23(22)25(30)31-5;1-16-5-7-17(8-6-16)23(28)26(18-9-11-19(27)12-10-18)21-15-20(13-14-25(2,3)4)31-22(21)24(29)30/h16-20,28H,6-13H2,1-5H3;16-19H,6-13H2,1-5H3;15-19,27H,5-12H2,1-4H3,(H,29,30)/i20D;;19D. The van der Waals surface area contributed by atoms with Gasteiger partial charge in [-0.25, -0.2) is 14.4 Å². The summed E-state index contributed by atoms with van der Waals surface area (Å²) in [7, 11) is 2.71. The Morgan fingerprint density at radius 3 is 0.968 bits per heavy atom. The van der Waals surface area contributed by atoms with Crippen molar-refractivity contribution < 1.29 is 61.1 Å². The topological polar surface area (TPSA) is 208 Å². The molecule has 0 atom stereocenters. The number of anilines is 3. The molecule has 6 saturated carbocycles. The highest BCUT2D eigenvalue weighted by atomic mass is 32.1. The molecule has 0 aliphatic heterocycles. The normalized spacial score (nSPS) is 26.8. The van der Waals surface area contributed by atoms with Gasteiger partial charge in [0.2, 0.25) is 17.7 Å². The van der Waals surface area contributed by atoms with Crippen LogP contribution < -0.4 is 14.7 Å². The molecule has 3 aromatic rings. The van der Waals surface area contributed by atoms with Gasteiger partial charge in [0.05, 0.1) is 60.8 Å². The van der Waals surface area contributed by atoms with Gasteiger partial charge in [0.25, 0.3) is 0 Å². The predicted molar refractivity (Wildman–Crippen MR) is 381 cm³/mol. The van der Waals surface area contributed by atoms with Gasteiger partial charge in [-0.1, -0.05) is 56.3 Å². The number of amides is 3. The molecule has 520 valence electrons. The van der Waals surface area contributed by atoms with E-state index >= 15 is 0 Å². The van der Waals surface area contributed by atoms with Gasteiger partial charge in [-0.3, -0.25) is 19.2 Å². The van der Waals surface area contributed by atoms with Crippen LogP contribution in [0.15, 0.2) is 18.2 Å².